The van der Waals surface area contributed by atoms with E-state index in [2.05, 4.69) is 18.7 Å². The van der Waals surface area contributed by atoms with Gasteiger partial charge in [-0.3, -0.25) is 0 Å². The largest absolute Gasteiger partial charge is 0.378 e. The first kappa shape index (κ1) is 14.6. The Labute approximate surface area is 117 Å². The van der Waals surface area contributed by atoms with Crippen LogP contribution in [0, 0.1) is 5.92 Å². The van der Waals surface area contributed by atoms with Crippen LogP contribution in [-0.2, 0) is 4.74 Å². The van der Waals surface area contributed by atoms with E-state index in [1.165, 1.54) is 25.7 Å². The second kappa shape index (κ2) is 7.13. The van der Waals surface area contributed by atoms with Crippen molar-refractivity contribution in [2.45, 2.75) is 52.0 Å². The maximum atomic E-state index is 12.7. The molecule has 1 saturated heterocycles. The minimum atomic E-state index is 0.246. The lowest BCUT2D eigenvalue weighted by Crippen LogP contribution is -2.51. The van der Waals surface area contributed by atoms with Crippen molar-refractivity contribution in [1.82, 2.24) is 9.80 Å². The monoisotopic (exact) mass is 268 g/mol. The molecular formula is C15H28N2O2. The van der Waals surface area contributed by atoms with Gasteiger partial charge in [0.1, 0.15) is 0 Å². The summed E-state index contributed by atoms with van der Waals surface area (Å²) in [6.45, 7) is 8.26. The van der Waals surface area contributed by atoms with Gasteiger partial charge in [-0.25, -0.2) is 4.79 Å². The molecule has 19 heavy (non-hydrogen) atoms. The SMILES string of the molecule is CC(C)CCN(C(=O)N1CCOCC1)C1CCCC1. The molecule has 4 nitrogen and oxygen atoms in total. The van der Waals surface area contributed by atoms with Crippen molar-refractivity contribution in [3.8, 4) is 0 Å². The smallest absolute Gasteiger partial charge is 0.320 e. The molecule has 2 rings (SSSR count). The van der Waals surface area contributed by atoms with Gasteiger partial charge in [-0.1, -0.05) is 26.7 Å². The minimum absolute atomic E-state index is 0.246. The fraction of sp³-hybridized carbons (Fsp3) is 0.933. The van der Waals surface area contributed by atoms with Crippen molar-refractivity contribution in [2.75, 3.05) is 32.8 Å². The normalized spacial score (nSPS) is 21.1. The number of urea groups is 1. The summed E-state index contributed by atoms with van der Waals surface area (Å²) < 4.78 is 5.34. The Morgan fingerprint density at radius 3 is 2.47 bits per heavy atom. The van der Waals surface area contributed by atoms with Crippen molar-refractivity contribution >= 4 is 6.03 Å². The van der Waals surface area contributed by atoms with Crippen LogP contribution in [0.1, 0.15) is 46.0 Å². The third-order valence-corrected chi connectivity index (χ3v) is 4.24. The Balaban J connectivity index is 1.95. The van der Waals surface area contributed by atoms with Gasteiger partial charge in [0.25, 0.3) is 0 Å². The number of morpholine rings is 1. The summed E-state index contributed by atoms with van der Waals surface area (Å²) in [5, 5.41) is 0. The summed E-state index contributed by atoms with van der Waals surface area (Å²) in [6, 6.07) is 0.727. The van der Waals surface area contributed by atoms with E-state index in [4.69, 9.17) is 4.74 Å². The Morgan fingerprint density at radius 2 is 1.89 bits per heavy atom. The van der Waals surface area contributed by atoms with Gasteiger partial charge in [0, 0.05) is 25.7 Å². The maximum Gasteiger partial charge on any atom is 0.320 e. The van der Waals surface area contributed by atoms with E-state index in [-0.39, 0.29) is 6.03 Å². The quantitative estimate of drug-likeness (QED) is 0.785. The molecular weight excluding hydrogens is 240 g/mol. The van der Waals surface area contributed by atoms with E-state index in [1.54, 1.807) is 0 Å². The Hall–Kier alpha value is -0.770. The number of nitrogens with zero attached hydrogens (tertiary/aromatic N) is 2. The average Bonchev–Trinajstić information content (AvgIpc) is 2.93. The van der Waals surface area contributed by atoms with Gasteiger partial charge in [0.05, 0.1) is 13.2 Å². The van der Waals surface area contributed by atoms with Crippen LogP contribution in [0.4, 0.5) is 4.79 Å². The number of carbonyl (C=O) groups is 1. The Bertz CT molecular complexity index is 282. The molecule has 0 aromatic rings. The lowest BCUT2D eigenvalue weighted by molar-refractivity contribution is 0.0388. The summed E-state index contributed by atoms with van der Waals surface area (Å²) in [5.41, 5.74) is 0. The zero-order valence-electron chi connectivity index (χ0n) is 12.4. The zero-order chi connectivity index (χ0) is 13.7. The first-order valence-corrected chi connectivity index (χ1v) is 7.82. The summed E-state index contributed by atoms with van der Waals surface area (Å²) in [6.07, 6.45) is 6.04. The topological polar surface area (TPSA) is 32.8 Å². The van der Waals surface area contributed by atoms with Gasteiger partial charge in [-0.2, -0.15) is 0 Å². The average molecular weight is 268 g/mol. The molecule has 2 amide bonds. The molecule has 1 aliphatic carbocycles. The van der Waals surface area contributed by atoms with Crippen LogP contribution in [-0.4, -0.2) is 54.7 Å². The fourth-order valence-electron chi connectivity index (χ4n) is 2.98. The predicted molar refractivity (Wildman–Crippen MR) is 76.2 cm³/mol. The maximum absolute atomic E-state index is 12.7. The van der Waals surface area contributed by atoms with E-state index in [1.807, 2.05) is 4.90 Å². The summed E-state index contributed by atoms with van der Waals surface area (Å²) in [4.78, 5) is 16.8. The van der Waals surface area contributed by atoms with E-state index < -0.39 is 0 Å². The standard InChI is InChI=1S/C15H28N2O2/c1-13(2)7-8-17(14-5-3-4-6-14)15(18)16-9-11-19-12-10-16/h13-14H,3-12H2,1-2H3. The van der Waals surface area contributed by atoms with E-state index in [9.17, 15) is 4.79 Å². The molecule has 0 atom stereocenters. The number of ether oxygens (including phenoxy) is 1. The number of carbonyl (C=O) groups excluding carboxylic acids is 1. The highest BCUT2D eigenvalue weighted by molar-refractivity contribution is 5.75. The second-order valence-corrected chi connectivity index (χ2v) is 6.20. The molecule has 110 valence electrons. The first-order chi connectivity index (χ1) is 9.18. The van der Waals surface area contributed by atoms with Crippen molar-refractivity contribution in [2.24, 2.45) is 5.92 Å². The third kappa shape index (κ3) is 4.10. The molecule has 0 bridgehead atoms. The fourth-order valence-corrected chi connectivity index (χ4v) is 2.98. The van der Waals surface area contributed by atoms with Crippen LogP contribution in [0.2, 0.25) is 0 Å². The molecule has 0 aromatic carbocycles. The van der Waals surface area contributed by atoms with Gasteiger partial charge in [0.15, 0.2) is 0 Å². The van der Waals surface area contributed by atoms with Crippen LogP contribution in [0.5, 0.6) is 0 Å². The molecule has 2 fully saturated rings. The summed E-state index contributed by atoms with van der Waals surface area (Å²) in [5.74, 6) is 0.654. The second-order valence-electron chi connectivity index (χ2n) is 6.20. The molecule has 0 N–H and O–H groups in total. The number of rotatable bonds is 4. The lowest BCUT2D eigenvalue weighted by Gasteiger charge is -2.36. The van der Waals surface area contributed by atoms with Gasteiger partial charge >= 0.3 is 6.03 Å². The molecule has 0 unspecified atom stereocenters. The van der Waals surface area contributed by atoms with Crippen LogP contribution in [0.3, 0.4) is 0 Å². The van der Waals surface area contributed by atoms with Gasteiger partial charge < -0.3 is 14.5 Å². The predicted octanol–water partition coefficient (Wildman–Crippen LogP) is 2.73. The van der Waals surface area contributed by atoms with Gasteiger partial charge in [0.2, 0.25) is 0 Å². The van der Waals surface area contributed by atoms with E-state index in [0.29, 0.717) is 25.2 Å². The van der Waals surface area contributed by atoms with Crippen molar-refractivity contribution in [3.05, 3.63) is 0 Å². The molecule has 1 heterocycles. The van der Waals surface area contributed by atoms with Crippen LogP contribution in [0.25, 0.3) is 0 Å². The number of hydrogen-bond acceptors (Lipinski definition) is 2. The molecule has 0 spiro atoms. The van der Waals surface area contributed by atoms with Crippen LogP contribution < -0.4 is 0 Å². The highest BCUT2D eigenvalue weighted by Gasteiger charge is 2.30. The van der Waals surface area contributed by atoms with Crippen LogP contribution >= 0.6 is 0 Å². The van der Waals surface area contributed by atoms with Gasteiger partial charge in [-0.05, 0) is 25.2 Å². The highest BCUT2D eigenvalue weighted by atomic mass is 16.5. The van der Waals surface area contributed by atoms with Crippen molar-refractivity contribution in [1.29, 1.82) is 0 Å². The molecule has 1 aliphatic heterocycles. The number of hydrogen-bond donors (Lipinski definition) is 0. The van der Waals surface area contributed by atoms with Gasteiger partial charge in [-0.15, -0.1) is 0 Å². The highest BCUT2D eigenvalue weighted by Crippen LogP contribution is 2.25. The minimum Gasteiger partial charge on any atom is -0.378 e. The molecule has 1 saturated carbocycles. The Kier molecular flexibility index (Phi) is 5.49. The van der Waals surface area contributed by atoms with E-state index >= 15 is 0 Å². The van der Waals surface area contributed by atoms with E-state index in [0.717, 1.165) is 26.1 Å². The molecule has 0 aromatic heterocycles. The Morgan fingerprint density at radius 1 is 1.26 bits per heavy atom. The first-order valence-electron chi connectivity index (χ1n) is 7.82. The summed E-state index contributed by atoms with van der Waals surface area (Å²) >= 11 is 0. The summed E-state index contributed by atoms with van der Waals surface area (Å²) in [7, 11) is 0. The molecule has 2 aliphatic rings. The zero-order valence-corrected chi connectivity index (χ0v) is 12.4. The number of amides is 2. The molecule has 4 heteroatoms. The van der Waals surface area contributed by atoms with Crippen LogP contribution in [0.15, 0.2) is 0 Å². The third-order valence-electron chi connectivity index (χ3n) is 4.24. The molecule has 0 radical (unpaired) electrons. The lowest BCUT2D eigenvalue weighted by atomic mass is 10.1. The van der Waals surface area contributed by atoms with Crippen molar-refractivity contribution < 1.29 is 9.53 Å². The van der Waals surface area contributed by atoms with Crippen molar-refractivity contribution in [3.63, 3.8) is 0 Å².